The van der Waals surface area contributed by atoms with Crippen molar-refractivity contribution >= 4 is 17.0 Å². The van der Waals surface area contributed by atoms with Gasteiger partial charge < -0.3 is 14.8 Å². The highest BCUT2D eigenvalue weighted by Gasteiger charge is 2.21. The Hall–Kier alpha value is -3.22. The molecule has 3 rings (SSSR count). The molecule has 128 valence electrons. The van der Waals surface area contributed by atoms with Gasteiger partial charge in [-0.25, -0.2) is 9.18 Å². The lowest BCUT2D eigenvalue weighted by atomic mass is 10.1. The van der Waals surface area contributed by atoms with E-state index < -0.39 is 22.8 Å². The number of carbonyl (C=O) groups excluding carboxylic acids is 1. The number of aromatic amines is 1. The van der Waals surface area contributed by atoms with E-state index in [1.807, 2.05) is 0 Å². The number of benzene rings is 1. The molecule has 0 amide bonds. The van der Waals surface area contributed by atoms with Gasteiger partial charge in [0.25, 0.3) is 5.56 Å². The van der Waals surface area contributed by atoms with Crippen LogP contribution in [0.15, 0.2) is 41.3 Å². The number of carbonyl (C=O) groups is 1. The molecule has 6 nitrogen and oxygen atoms in total. The predicted molar refractivity (Wildman–Crippen MR) is 89.2 cm³/mol. The molecular formula is C18H15FN2O4. The van der Waals surface area contributed by atoms with Crippen LogP contribution in [-0.4, -0.2) is 27.7 Å². The molecule has 3 aromatic rings. The third-order valence-electron chi connectivity index (χ3n) is 3.68. The minimum atomic E-state index is -0.902. The molecule has 0 aliphatic carbocycles. The number of hydrogen-bond donors (Lipinski definition) is 2. The molecule has 0 atom stereocenters. The van der Waals surface area contributed by atoms with Crippen LogP contribution in [0.25, 0.3) is 11.0 Å². The number of fused-ring (bicyclic) bond motifs is 1. The standard InChI is InChI=1S/C18H15FN2O4/c1-2-25-18(24)14-16(22)15-13(21-17(14)23)8-11(9-20-15)7-10-3-5-12(19)6-4-10/h3-6,8-9H,2,7H2,1H3,(H2,21,22,23). The fourth-order valence-electron chi connectivity index (χ4n) is 2.53. The summed E-state index contributed by atoms with van der Waals surface area (Å²) in [4.78, 5) is 30.6. The van der Waals surface area contributed by atoms with Crippen LogP contribution in [0.2, 0.25) is 0 Å². The van der Waals surface area contributed by atoms with Crippen LogP contribution >= 0.6 is 0 Å². The predicted octanol–water partition coefficient (Wildman–Crippen LogP) is 2.54. The number of nitrogens with zero attached hydrogens (tertiary/aromatic N) is 1. The summed E-state index contributed by atoms with van der Waals surface area (Å²) in [6.45, 7) is 1.68. The lowest BCUT2D eigenvalue weighted by Crippen LogP contribution is -2.20. The number of rotatable bonds is 4. The quantitative estimate of drug-likeness (QED) is 0.711. The van der Waals surface area contributed by atoms with Crippen molar-refractivity contribution in [2.45, 2.75) is 13.3 Å². The first-order valence-corrected chi connectivity index (χ1v) is 7.65. The van der Waals surface area contributed by atoms with Gasteiger partial charge in [0.05, 0.1) is 12.1 Å². The van der Waals surface area contributed by atoms with Crippen molar-refractivity contribution < 1.29 is 19.0 Å². The molecule has 0 spiro atoms. The molecular weight excluding hydrogens is 327 g/mol. The third kappa shape index (κ3) is 3.35. The maximum Gasteiger partial charge on any atom is 0.347 e. The molecule has 25 heavy (non-hydrogen) atoms. The van der Waals surface area contributed by atoms with Crippen molar-refractivity contribution in [3.63, 3.8) is 0 Å². The molecule has 0 saturated carbocycles. The Morgan fingerprint density at radius 2 is 2.00 bits per heavy atom. The SMILES string of the molecule is CCOC(=O)c1c(O)c2ncc(Cc3ccc(F)cc3)cc2[nH]c1=O. The zero-order chi connectivity index (χ0) is 18.0. The van der Waals surface area contributed by atoms with Crippen molar-refractivity contribution in [2.24, 2.45) is 0 Å². The van der Waals surface area contributed by atoms with Gasteiger partial charge in [0.2, 0.25) is 0 Å². The van der Waals surface area contributed by atoms with E-state index in [0.717, 1.165) is 11.1 Å². The van der Waals surface area contributed by atoms with E-state index in [2.05, 4.69) is 9.97 Å². The second-order valence-electron chi connectivity index (χ2n) is 5.44. The van der Waals surface area contributed by atoms with E-state index in [-0.39, 0.29) is 17.9 Å². The van der Waals surface area contributed by atoms with E-state index in [4.69, 9.17) is 4.74 Å². The number of H-pyrrole nitrogens is 1. The van der Waals surface area contributed by atoms with Gasteiger partial charge in [-0.05, 0) is 42.7 Å². The number of esters is 1. The second kappa shape index (κ2) is 6.72. The minimum absolute atomic E-state index is 0.0831. The largest absolute Gasteiger partial charge is 0.505 e. The Balaban J connectivity index is 2.01. The zero-order valence-electron chi connectivity index (χ0n) is 13.4. The van der Waals surface area contributed by atoms with E-state index >= 15 is 0 Å². The van der Waals surface area contributed by atoms with Gasteiger partial charge in [-0.2, -0.15) is 0 Å². The summed E-state index contributed by atoms with van der Waals surface area (Å²) in [5, 5.41) is 10.2. The van der Waals surface area contributed by atoms with Gasteiger partial charge in [0.15, 0.2) is 11.3 Å². The van der Waals surface area contributed by atoms with Crippen LogP contribution in [0, 0.1) is 5.82 Å². The Labute approximate surface area is 141 Å². The average molecular weight is 342 g/mol. The number of halogens is 1. The zero-order valence-corrected chi connectivity index (χ0v) is 13.4. The number of hydrogen-bond acceptors (Lipinski definition) is 5. The Morgan fingerprint density at radius 3 is 2.68 bits per heavy atom. The first-order valence-electron chi connectivity index (χ1n) is 7.65. The molecule has 0 aliphatic heterocycles. The van der Waals surface area contributed by atoms with Gasteiger partial charge >= 0.3 is 5.97 Å². The average Bonchev–Trinajstić information content (AvgIpc) is 2.57. The van der Waals surface area contributed by atoms with Crippen molar-refractivity contribution in [1.29, 1.82) is 0 Å². The molecule has 0 unspecified atom stereocenters. The van der Waals surface area contributed by atoms with Gasteiger partial charge in [-0.3, -0.25) is 9.78 Å². The van der Waals surface area contributed by atoms with Crippen LogP contribution in [0.3, 0.4) is 0 Å². The molecule has 1 aromatic carbocycles. The van der Waals surface area contributed by atoms with Crippen molar-refractivity contribution in [3.8, 4) is 5.75 Å². The van der Waals surface area contributed by atoms with Crippen LogP contribution < -0.4 is 5.56 Å². The van der Waals surface area contributed by atoms with Gasteiger partial charge in [0.1, 0.15) is 11.3 Å². The van der Waals surface area contributed by atoms with Crippen molar-refractivity contribution in [3.05, 3.63) is 69.4 Å². The lowest BCUT2D eigenvalue weighted by Gasteiger charge is -2.08. The van der Waals surface area contributed by atoms with Crippen LogP contribution in [0.5, 0.6) is 5.75 Å². The highest BCUT2D eigenvalue weighted by molar-refractivity contribution is 5.97. The first kappa shape index (κ1) is 16.6. The molecule has 2 aromatic heterocycles. The maximum atomic E-state index is 13.0. The summed E-state index contributed by atoms with van der Waals surface area (Å²) in [5.41, 5.74) is 0.827. The Kier molecular flexibility index (Phi) is 4.47. The van der Waals surface area contributed by atoms with Crippen molar-refractivity contribution in [2.75, 3.05) is 6.61 Å². The van der Waals surface area contributed by atoms with Crippen LogP contribution in [0.1, 0.15) is 28.4 Å². The lowest BCUT2D eigenvalue weighted by molar-refractivity contribution is 0.0521. The first-order chi connectivity index (χ1) is 12.0. The Bertz CT molecular complexity index is 996. The summed E-state index contributed by atoms with van der Waals surface area (Å²) in [7, 11) is 0. The van der Waals surface area contributed by atoms with Crippen molar-refractivity contribution in [1.82, 2.24) is 9.97 Å². The third-order valence-corrected chi connectivity index (χ3v) is 3.68. The highest BCUT2D eigenvalue weighted by Crippen LogP contribution is 2.24. The van der Waals surface area contributed by atoms with Gasteiger partial charge in [0, 0.05) is 6.20 Å². The smallest absolute Gasteiger partial charge is 0.347 e. The van der Waals surface area contributed by atoms with Crippen LogP contribution in [0.4, 0.5) is 4.39 Å². The molecule has 0 radical (unpaired) electrons. The van der Waals surface area contributed by atoms with Gasteiger partial charge in [-0.1, -0.05) is 12.1 Å². The number of ether oxygens (including phenoxy) is 1. The molecule has 0 bridgehead atoms. The summed E-state index contributed by atoms with van der Waals surface area (Å²) in [5.74, 6) is -1.73. The van der Waals surface area contributed by atoms with E-state index in [0.29, 0.717) is 11.9 Å². The second-order valence-corrected chi connectivity index (χ2v) is 5.44. The summed E-state index contributed by atoms with van der Waals surface area (Å²) in [6, 6.07) is 7.70. The highest BCUT2D eigenvalue weighted by atomic mass is 19.1. The number of aromatic hydroxyl groups is 1. The van der Waals surface area contributed by atoms with Crippen LogP contribution in [-0.2, 0) is 11.2 Å². The molecule has 2 heterocycles. The number of nitrogens with one attached hydrogen (secondary N) is 1. The number of pyridine rings is 2. The minimum Gasteiger partial charge on any atom is -0.505 e. The number of aromatic nitrogens is 2. The molecule has 0 aliphatic rings. The molecule has 0 saturated heterocycles. The summed E-state index contributed by atoms with van der Waals surface area (Å²) >= 11 is 0. The fourth-order valence-corrected chi connectivity index (χ4v) is 2.53. The molecule has 7 heteroatoms. The molecule has 2 N–H and O–H groups in total. The van der Waals surface area contributed by atoms with E-state index in [1.165, 1.54) is 18.3 Å². The monoisotopic (exact) mass is 342 g/mol. The van der Waals surface area contributed by atoms with E-state index in [1.54, 1.807) is 25.1 Å². The van der Waals surface area contributed by atoms with E-state index in [9.17, 15) is 19.1 Å². The topological polar surface area (TPSA) is 92.3 Å². The normalized spacial score (nSPS) is 10.8. The maximum absolute atomic E-state index is 13.0. The summed E-state index contributed by atoms with van der Waals surface area (Å²) < 4.78 is 17.7. The molecule has 0 fully saturated rings. The fraction of sp³-hybridized carbons (Fsp3) is 0.167. The summed E-state index contributed by atoms with van der Waals surface area (Å²) in [6.07, 6.45) is 2.00. The Morgan fingerprint density at radius 1 is 1.28 bits per heavy atom. The van der Waals surface area contributed by atoms with Gasteiger partial charge in [-0.15, -0.1) is 0 Å².